The van der Waals surface area contributed by atoms with Crippen molar-refractivity contribution < 1.29 is 0 Å². The van der Waals surface area contributed by atoms with Crippen LogP contribution in [-0.2, 0) is 6.42 Å². The molecular weight excluding hydrogens is 943 g/mol. The molecule has 0 amide bonds. The van der Waals surface area contributed by atoms with Gasteiger partial charge >= 0.3 is 0 Å². The molecule has 0 aliphatic heterocycles. The van der Waals surface area contributed by atoms with E-state index in [-0.39, 0.29) is 11.5 Å². The number of hydrogen-bond acceptors (Lipinski definition) is 1. The van der Waals surface area contributed by atoms with Gasteiger partial charge in [0, 0.05) is 50.0 Å². The van der Waals surface area contributed by atoms with Gasteiger partial charge in [-0.2, -0.15) is 0 Å². The first-order valence-corrected chi connectivity index (χ1v) is 28.0. The average molecular weight is 1000 g/mol. The molecule has 3 heteroatoms. The lowest BCUT2D eigenvalue weighted by molar-refractivity contribution is 0.531. The fourth-order valence-electron chi connectivity index (χ4n) is 13.5. The molecule has 4 aliphatic carbocycles. The fraction of sp³-hybridized carbons (Fsp3) is 0.120. The normalized spacial score (nSPS) is 16.3. The zero-order valence-electron chi connectivity index (χ0n) is 44.2. The standard InChI is InChI=1S/C75H59N3/c1-75(2)69-18-8-3-13-63(69)64-48-47-62(49-70(64)75)76(58-39-31-54(32-40-58)50-23-27-52(28-24-50)56-35-43-60(44-36-56)77-71-19-9-4-14-65(71)66-15-5-10-20-72(66)77)59-41-33-55(34-42-59)51-25-29-53(30-26-51)57-37-45-61(46-38-57)78-73-21-11-6-16-67(73)68-17-7-12-22-74(68)78/h3-6,9-16,19-46,48-49,62H,7-8,17-18,47H2,1-2H3. The molecule has 0 radical (unpaired) electrons. The molecule has 3 nitrogen and oxygen atoms in total. The molecule has 1 unspecified atom stereocenters. The summed E-state index contributed by atoms with van der Waals surface area (Å²) in [5.41, 5.74) is 26.9. The molecule has 0 N–H and O–H groups in total. The highest BCUT2D eigenvalue weighted by Gasteiger charge is 2.42. The van der Waals surface area contributed by atoms with Gasteiger partial charge in [-0.25, -0.2) is 0 Å². The van der Waals surface area contributed by atoms with Crippen molar-refractivity contribution in [2.24, 2.45) is 5.41 Å². The molecule has 15 rings (SSSR count). The Morgan fingerprint density at radius 2 is 0.833 bits per heavy atom. The Hall–Kier alpha value is -9.18. The molecule has 9 aromatic carbocycles. The summed E-state index contributed by atoms with van der Waals surface area (Å²) in [5, 5.41) is 3.92. The Kier molecular flexibility index (Phi) is 11.0. The van der Waals surface area contributed by atoms with Crippen LogP contribution in [0.2, 0.25) is 0 Å². The summed E-state index contributed by atoms with van der Waals surface area (Å²) in [6.07, 6.45) is 19.9. The third-order valence-corrected chi connectivity index (χ3v) is 17.5. The van der Waals surface area contributed by atoms with Gasteiger partial charge in [0.1, 0.15) is 0 Å². The van der Waals surface area contributed by atoms with Gasteiger partial charge < -0.3 is 14.0 Å². The molecule has 0 bridgehead atoms. The number of anilines is 2. The summed E-state index contributed by atoms with van der Waals surface area (Å²) in [7, 11) is 0. The third kappa shape index (κ3) is 7.63. The molecule has 0 saturated heterocycles. The highest BCUT2D eigenvalue weighted by Crippen LogP contribution is 2.55. The second-order valence-corrected chi connectivity index (χ2v) is 22.2. The van der Waals surface area contributed by atoms with Crippen LogP contribution in [0.3, 0.4) is 0 Å². The predicted octanol–water partition coefficient (Wildman–Crippen LogP) is 19.8. The van der Waals surface area contributed by atoms with E-state index in [2.05, 4.69) is 283 Å². The molecule has 374 valence electrons. The van der Waals surface area contributed by atoms with Gasteiger partial charge in [-0.05, 0) is 172 Å². The van der Waals surface area contributed by atoms with Gasteiger partial charge in [0.05, 0.1) is 22.6 Å². The first-order valence-electron chi connectivity index (χ1n) is 28.0. The molecule has 1 atom stereocenters. The SMILES string of the molecule is CC1(C)C2=CC(N(c3ccc(-c4ccc(-c5ccc(-n6c7c(c8ccccc86)CCC=C7)cc5)cc4)cc3)c3ccc(-c4ccc(-c5ccc(-n6c7ccccc7c7ccccc76)cc5)cc4)cc3)CC=C2C2=C1CCC=C2. The summed E-state index contributed by atoms with van der Waals surface area (Å²) in [6.45, 7) is 4.88. The van der Waals surface area contributed by atoms with Crippen molar-refractivity contribution in [1.82, 2.24) is 9.13 Å². The van der Waals surface area contributed by atoms with Crippen molar-refractivity contribution in [3.05, 3.63) is 282 Å². The van der Waals surface area contributed by atoms with E-state index < -0.39 is 0 Å². The lowest BCUT2D eigenvalue weighted by Crippen LogP contribution is -2.32. The number of allylic oxidation sites excluding steroid dienone is 7. The molecule has 0 saturated carbocycles. The number of aryl methyl sites for hydroxylation is 1. The van der Waals surface area contributed by atoms with E-state index in [4.69, 9.17) is 0 Å². The minimum atomic E-state index is 0.00722. The predicted molar refractivity (Wildman–Crippen MR) is 329 cm³/mol. The van der Waals surface area contributed by atoms with E-state index in [1.807, 2.05) is 0 Å². The third-order valence-electron chi connectivity index (χ3n) is 17.5. The van der Waals surface area contributed by atoms with Gasteiger partial charge in [-0.1, -0.05) is 201 Å². The van der Waals surface area contributed by atoms with Crippen LogP contribution in [0.4, 0.5) is 11.4 Å². The Bertz CT molecular complexity index is 4250. The largest absolute Gasteiger partial charge is 0.334 e. The van der Waals surface area contributed by atoms with E-state index >= 15 is 0 Å². The van der Waals surface area contributed by atoms with Crippen molar-refractivity contribution in [3.8, 4) is 55.9 Å². The van der Waals surface area contributed by atoms with Crippen LogP contribution < -0.4 is 4.90 Å². The highest BCUT2D eigenvalue weighted by molar-refractivity contribution is 6.09. The van der Waals surface area contributed by atoms with E-state index in [0.29, 0.717) is 0 Å². The molecule has 4 aliphatic rings. The number of rotatable bonds is 9. The molecule has 2 heterocycles. The van der Waals surface area contributed by atoms with Gasteiger partial charge in [0.15, 0.2) is 0 Å². The minimum absolute atomic E-state index is 0.00722. The first-order chi connectivity index (χ1) is 38.4. The van der Waals surface area contributed by atoms with E-state index in [1.54, 1.807) is 5.57 Å². The van der Waals surface area contributed by atoms with Gasteiger partial charge in [0.25, 0.3) is 0 Å². The topological polar surface area (TPSA) is 13.1 Å². The van der Waals surface area contributed by atoms with Crippen molar-refractivity contribution in [3.63, 3.8) is 0 Å². The number of para-hydroxylation sites is 3. The Labute approximate surface area is 457 Å². The average Bonchev–Trinajstić information content (AvgIpc) is 4.32. The van der Waals surface area contributed by atoms with E-state index in [1.165, 1.54) is 128 Å². The maximum Gasteiger partial charge on any atom is 0.0563 e. The van der Waals surface area contributed by atoms with E-state index in [9.17, 15) is 0 Å². The molecule has 0 fully saturated rings. The Morgan fingerprint density at radius 3 is 1.35 bits per heavy atom. The van der Waals surface area contributed by atoms with Gasteiger partial charge in [-0.15, -0.1) is 0 Å². The molecule has 0 spiro atoms. The van der Waals surface area contributed by atoms with Crippen LogP contribution >= 0.6 is 0 Å². The quantitative estimate of drug-likeness (QED) is 0.140. The van der Waals surface area contributed by atoms with Crippen molar-refractivity contribution in [1.29, 1.82) is 0 Å². The lowest BCUT2D eigenvalue weighted by Gasteiger charge is -2.36. The Balaban J connectivity index is 0.699. The number of benzene rings is 9. The van der Waals surface area contributed by atoms with Crippen LogP contribution in [0, 0.1) is 5.41 Å². The maximum absolute atomic E-state index is 2.59. The van der Waals surface area contributed by atoms with Crippen molar-refractivity contribution >= 4 is 50.2 Å². The molecule has 2 aromatic heterocycles. The zero-order valence-corrected chi connectivity index (χ0v) is 44.2. The van der Waals surface area contributed by atoms with Crippen molar-refractivity contribution in [2.45, 2.75) is 52.0 Å². The van der Waals surface area contributed by atoms with Crippen LogP contribution in [-0.4, -0.2) is 15.2 Å². The Morgan fingerprint density at radius 1 is 0.423 bits per heavy atom. The fourth-order valence-corrected chi connectivity index (χ4v) is 13.5. The summed E-state index contributed by atoms with van der Waals surface area (Å²) < 4.78 is 4.81. The number of aromatic nitrogens is 2. The van der Waals surface area contributed by atoms with Crippen LogP contribution in [0.1, 0.15) is 50.8 Å². The van der Waals surface area contributed by atoms with Gasteiger partial charge in [0.2, 0.25) is 0 Å². The number of hydrogen-bond donors (Lipinski definition) is 0. The summed E-state index contributed by atoms with van der Waals surface area (Å²) in [6, 6.07) is 81.1. The molecular formula is C75H59N3. The first kappa shape index (κ1) is 46.1. The summed E-state index contributed by atoms with van der Waals surface area (Å²) in [5.74, 6) is 0. The van der Waals surface area contributed by atoms with Crippen LogP contribution in [0.25, 0.3) is 94.7 Å². The van der Waals surface area contributed by atoms with E-state index in [0.717, 1.165) is 32.1 Å². The second-order valence-electron chi connectivity index (χ2n) is 22.2. The molecule has 78 heavy (non-hydrogen) atoms. The van der Waals surface area contributed by atoms with Crippen LogP contribution in [0.15, 0.2) is 271 Å². The second kappa shape index (κ2) is 18.5. The number of nitrogens with zero attached hydrogens (tertiary/aromatic N) is 3. The maximum atomic E-state index is 2.59. The zero-order chi connectivity index (χ0) is 51.9. The van der Waals surface area contributed by atoms with Crippen LogP contribution in [0.5, 0.6) is 0 Å². The van der Waals surface area contributed by atoms with Gasteiger partial charge in [-0.3, -0.25) is 0 Å². The highest BCUT2D eigenvalue weighted by atomic mass is 15.2. The smallest absolute Gasteiger partial charge is 0.0563 e. The summed E-state index contributed by atoms with van der Waals surface area (Å²) >= 11 is 0. The van der Waals surface area contributed by atoms with Crippen molar-refractivity contribution in [2.75, 3.05) is 4.90 Å². The summed E-state index contributed by atoms with van der Waals surface area (Å²) in [4.78, 5) is 2.57. The monoisotopic (exact) mass is 1000 g/mol. The lowest BCUT2D eigenvalue weighted by atomic mass is 9.76. The molecule has 11 aromatic rings. The number of fused-ring (bicyclic) bond motifs is 8. The minimum Gasteiger partial charge on any atom is -0.334 e.